The maximum Gasteiger partial charge on any atom is 0.331 e. The maximum absolute atomic E-state index is 12.2. The summed E-state index contributed by atoms with van der Waals surface area (Å²) >= 11 is 0. The van der Waals surface area contributed by atoms with Gasteiger partial charge in [-0.15, -0.1) is 0 Å². The second-order valence-electron chi connectivity index (χ2n) is 6.63. The summed E-state index contributed by atoms with van der Waals surface area (Å²) in [6.45, 7) is 7.28. The molecule has 0 atom stereocenters. The molecule has 1 aromatic carbocycles. The number of aromatic nitrogens is 1. The van der Waals surface area contributed by atoms with E-state index in [1.54, 1.807) is 17.6 Å². The summed E-state index contributed by atoms with van der Waals surface area (Å²) < 4.78 is 7.19. The minimum absolute atomic E-state index is 0.0350. The summed E-state index contributed by atoms with van der Waals surface area (Å²) in [7, 11) is 0. The molecular formula is C19H23NO4. The number of para-hydroxylation sites is 1. The average Bonchev–Trinajstić information content (AvgIpc) is 2.80. The summed E-state index contributed by atoms with van der Waals surface area (Å²) in [5.41, 5.74) is 1.28. The van der Waals surface area contributed by atoms with Crippen molar-refractivity contribution in [2.45, 2.75) is 46.3 Å². The Kier molecular flexibility index (Phi) is 5.12. The van der Waals surface area contributed by atoms with Crippen LogP contribution in [-0.2, 0) is 20.9 Å². The van der Waals surface area contributed by atoms with Gasteiger partial charge in [-0.1, -0.05) is 25.1 Å². The fourth-order valence-corrected chi connectivity index (χ4v) is 2.52. The first-order valence-corrected chi connectivity index (χ1v) is 7.95. The highest BCUT2D eigenvalue weighted by atomic mass is 16.6. The number of carbonyl (C=O) groups excluding carboxylic acids is 1. The van der Waals surface area contributed by atoms with E-state index in [2.05, 4.69) is 0 Å². The molecule has 0 fully saturated rings. The van der Waals surface area contributed by atoms with Gasteiger partial charge in [0.15, 0.2) is 0 Å². The first kappa shape index (κ1) is 17.8. The molecule has 1 heterocycles. The standard InChI is InChI=1S/C19H23NO4/c1-5-13(18(22)23)10-15-11-14-8-6-7-9-16(14)20(15)12-17(21)24-19(2,3)4/h6-11H,5,12H2,1-4H3,(H,22,23). The Balaban J connectivity index is 2.48. The Bertz CT molecular complexity index is 793. The molecule has 0 spiro atoms. The second-order valence-corrected chi connectivity index (χ2v) is 6.63. The smallest absolute Gasteiger partial charge is 0.331 e. The third-order valence-electron chi connectivity index (χ3n) is 3.53. The van der Waals surface area contributed by atoms with Gasteiger partial charge in [0, 0.05) is 22.2 Å². The van der Waals surface area contributed by atoms with Crippen LogP contribution in [0.4, 0.5) is 0 Å². The third kappa shape index (κ3) is 4.25. The predicted octanol–water partition coefficient (Wildman–Crippen LogP) is 3.86. The highest BCUT2D eigenvalue weighted by Gasteiger charge is 2.19. The fourth-order valence-electron chi connectivity index (χ4n) is 2.52. The van der Waals surface area contributed by atoms with E-state index in [0.29, 0.717) is 17.7 Å². The lowest BCUT2D eigenvalue weighted by molar-refractivity contribution is -0.155. The molecule has 0 aliphatic heterocycles. The Morgan fingerprint density at radius 1 is 1.25 bits per heavy atom. The SMILES string of the molecule is CCC(=Cc1cc2ccccc2n1CC(=O)OC(C)(C)C)C(=O)O. The van der Waals surface area contributed by atoms with Crippen molar-refractivity contribution in [3.05, 3.63) is 41.6 Å². The van der Waals surface area contributed by atoms with Crippen LogP contribution >= 0.6 is 0 Å². The number of benzene rings is 1. The van der Waals surface area contributed by atoms with E-state index in [1.165, 1.54) is 0 Å². The number of aliphatic carboxylic acids is 1. The summed E-state index contributed by atoms with van der Waals surface area (Å²) in [4.78, 5) is 23.5. The van der Waals surface area contributed by atoms with Gasteiger partial charge in [0.25, 0.3) is 0 Å². The minimum Gasteiger partial charge on any atom is -0.478 e. The molecule has 0 saturated carbocycles. The number of carbonyl (C=O) groups is 2. The highest BCUT2D eigenvalue weighted by Crippen LogP contribution is 2.23. The third-order valence-corrected chi connectivity index (χ3v) is 3.53. The molecule has 2 aromatic rings. The van der Waals surface area contributed by atoms with Crippen molar-refractivity contribution < 1.29 is 19.4 Å². The van der Waals surface area contributed by atoms with Gasteiger partial charge in [0.1, 0.15) is 12.1 Å². The van der Waals surface area contributed by atoms with E-state index in [1.807, 2.05) is 51.1 Å². The summed E-state index contributed by atoms with van der Waals surface area (Å²) in [6, 6.07) is 9.53. The molecule has 5 nitrogen and oxygen atoms in total. The lowest BCUT2D eigenvalue weighted by Crippen LogP contribution is -2.26. The van der Waals surface area contributed by atoms with E-state index < -0.39 is 11.6 Å². The highest BCUT2D eigenvalue weighted by molar-refractivity contribution is 5.94. The molecule has 128 valence electrons. The summed E-state index contributed by atoms with van der Waals surface area (Å²) in [5, 5.41) is 10.2. The zero-order chi connectivity index (χ0) is 17.9. The first-order valence-electron chi connectivity index (χ1n) is 7.95. The molecule has 0 amide bonds. The summed E-state index contributed by atoms with van der Waals surface area (Å²) in [5.74, 6) is -1.31. The van der Waals surface area contributed by atoms with Crippen molar-refractivity contribution in [2.24, 2.45) is 0 Å². The van der Waals surface area contributed by atoms with Gasteiger partial charge >= 0.3 is 11.9 Å². The van der Waals surface area contributed by atoms with Gasteiger partial charge < -0.3 is 14.4 Å². The average molecular weight is 329 g/mol. The minimum atomic E-state index is -0.952. The molecule has 1 aromatic heterocycles. The molecule has 0 bridgehead atoms. The van der Waals surface area contributed by atoms with Gasteiger partial charge in [0.05, 0.1) is 0 Å². The maximum atomic E-state index is 12.2. The number of hydrogen-bond donors (Lipinski definition) is 1. The second kappa shape index (κ2) is 6.91. The molecule has 24 heavy (non-hydrogen) atoms. The van der Waals surface area contributed by atoms with Crippen molar-refractivity contribution in [2.75, 3.05) is 0 Å². The molecule has 2 rings (SSSR count). The number of carboxylic acids is 1. The van der Waals surface area contributed by atoms with Crippen molar-refractivity contribution in [1.29, 1.82) is 0 Å². The molecule has 0 radical (unpaired) electrons. The van der Waals surface area contributed by atoms with Gasteiger partial charge in [-0.25, -0.2) is 4.79 Å². The van der Waals surface area contributed by atoms with Crippen LogP contribution in [0.15, 0.2) is 35.9 Å². The number of carboxylic acid groups (broad SMARTS) is 1. The van der Waals surface area contributed by atoms with Crippen LogP contribution in [0.2, 0.25) is 0 Å². The van der Waals surface area contributed by atoms with E-state index in [4.69, 9.17) is 4.74 Å². The van der Waals surface area contributed by atoms with Gasteiger partial charge in [-0.3, -0.25) is 4.79 Å². The van der Waals surface area contributed by atoms with E-state index in [0.717, 1.165) is 10.9 Å². The van der Waals surface area contributed by atoms with Crippen LogP contribution in [0.25, 0.3) is 17.0 Å². The van der Waals surface area contributed by atoms with Crippen LogP contribution in [0.3, 0.4) is 0 Å². The number of ether oxygens (including phenoxy) is 1. The van der Waals surface area contributed by atoms with Crippen molar-refractivity contribution >= 4 is 28.9 Å². The Morgan fingerprint density at radius 2 is 1.92 bits per heavy atom. The van der Waals surface area contributed by atoms with Gasteiger partial charge in [-0.2, -0.15) is 0 Å². The zero-order valence-corrected chi connectivity index (χ0v) is 14.5. The van der Waals surface area contributed by atoms with E-state index in [9.17, 15) is 14.7 Å². The largest absolute Gasteiger partial charge is 0.478 e. The summed E-state index contributed by atoms with van der Waals surface area (Å²) in [6.07, 6.45) is 2.02. The Hall–Kier alpha value is -2.56. The Morgan fingerprint density at radius 3 is 2.50 bits per heavy atom. The normalized spacial score (nSPS) is 12.4. The quantitative estimate of drug-likeness (QED) is 0.668. The van der Waals surface area contributed by atoms with Gasteiger partial charge in [-0.05, 0) is 45.4 Å². The van der Waals surface area contributed by atoms with Crippen LogP contribution in [0, 0.1) is 0 Å². The molecule has 0 aliphatic rings. The zero-order valence-electron chi connectivity index (χ0n) is 14.5. The fraction of sp³-hybridized carbons (Fsp3) is 0.368. The van der Waals surface area contributed by atoms with Gasteiger partial charge in [0.2, 0.25) is 0 Å². The van der Waals surface area contributed by atoms with Crippen molar-refractivity contribution in [1.82, 2.24) is 4.57 Å². The molecule has 0 saturated heterocycles. The first-order chi connectivity index (χ1) is 11.2. The van der Waals surface area contributed by atoms with E-state index in [-0.39, 0.29) is 12.5 Å². The predicted molar refractivity (Wildman–Crippen MR) is 93.7 cm³/mol. The number of hydrogen-bond acceptors (Lipinski definition) is 3. The molecular weight excluding hydrogens is 306 g/mol. The molecule has 0 aliphatic carbocycles. The monoisotopic (exact) mass is 329 g/mol. The molecule has 0 unspecified atom stereocenters. The van der Waals surface area contributed by atoms with Crippen LogP contribution in [0.1, 0.15) is 39.8 Å². The number of fused-ring (bicyclic) bond motifs is 1. The lowest BCUT2D eigenvalue weighted by Gasteiger charge is -2.20. The van der Waals surface area contributed by atoms with Crippen molar-refractivity contribution in [3.8, 4) is 0 Å². The van der Waals surface area contributed by atoms with E-state index >= 15 is 0 Å². The Labute approximate surface area is 141 Å². The number of rotatable bonds is 5. The number of esters is 1. The van der Waals surface area contributed by atoms with Crippen LogP contribution in [0.5, 0.6) is 0 Å². The molecule has 1 N–H and O–H groups in total. The molecule has 5 heteroatoms. The van der Waals surface area contributed by atoms with Crippen LogP contribution in [-0.4, -0.2) is 27.2 Å². The number of nitrogens with zero attached hydrogens (tertiary/aromatic N) is 1. The van der Waals surface area contributed by atoms with Crippen molar-refractivity contribution in [3.63, 3.8) is 0 Å². The van der Waals surface area contributed by atoms with Crippen LogP contribution < -0.4 is 0 Å². The lowest BCUT2D eigenvalue weighted by atomic mass is 10.1. The topological polar surface area (TPSA) is 68.5 Å².